The standard InChI is InChI=1S/C8H17NO3/c1-5(2)9-7(6(3)10)8(11)12-4/h5-7,9-10H,1-4H3. The topological polar surface area (TPSA) is 58.6 Å². The first-order valence-electron chi connectivity index (χ1n) is 4.01. The van der Waals surface area contributed by atoms with E-state index in [-0.39, 0.29) is 6.04 Å². The molecular weight excluding hydrogens is 158 g/mol. The van der Waals surface area contributed by atoms with Gasteiger partial charge in [-0.25, -0.2) is 0 Å². The maximum absolute atomic E-state index is 11.0. The first-order chi connectivity index (χ1) is 5.49. The Labute approximate surface area is 72.9 Å². The van der Waals surface area contributed by atoms with Crippen LogP contribution in [0, 0.1) is 0 Å². The number of nitrogens with one attached hydrogen (secondary N) is 1. The van der Waals surface area contributed by atoms with Gasteiger partial charge in [-0.15, -0.1) is 0 Å². The van der Waals surface area contributed by atoms with Crippen LogP contribution in [0.2, 0.25) is 0 Å². The zero-order valence-electron chi connectivity index (χ0n) is 8.00. The van der Waals surface area contributed by atoms with Crippen molar-refractivity contribution in [3.63, 3.8) is 0 Å². The van der Waals surface area contributed by atoms with Gasteiger partial charge in [-0.3, -0.25) is 4.79 Å². The van der Waals surface area contributed by atoms with Gasteiger partial charge >= 0.3 is 5.97 Å². The van der Waals surface area contributed by atoms with E-state index in [0.717, 1.165) is 0 Å². The molecule has 0 fully saturated rings. The second-order valence-corrected chi connectivity index (χ2v) is 3.06. The summed E-state index contributed by atoms with van der Waals surface area (Å²) in [7, 11) is 1.31. The number of methoxy groups -OCH3 is 1. The lowest BCUT2D eigenvalue weighted by molar-refractivity contribution is -0.146. The number of carbonyl (C=O) groups excluding carboxylic acids is 1. The van der Waals surface area contributed by atoms with Crippen LogP contribution < -0.4 is 5.32 Å². The number of ether oxygens (including phenoxy) is 1. The molecule has 0 aromatic rings. The highest BCUT2D eigenvalue weighted by atomic mass is 16.5. The number of esters is 1. The highest BCUT2D eigenvalue weighted by Gasteiger charge is 2.24. The number of aliphatic hydroxyl groups is 1. The van der Waals surface area contributed by atoms with Gasteiger partial charge in [0.15, 0.2) is 0 Å². The number of rotatable bonds is 4. The summed E-state index contributed by atoms with van der Waals surface area (Å²) in [6, 6.07) is -0.487. The van der Waals surface area contributed by atoms with Gasteiger partial charge in [-0.05, 0) is 6.92 Å². The molecule has 72 valence electrons. The summed E-state index contributed by atoms with van der Waals surface area (Å²) in [5, 5.41) is 12.1. The van der Waals surface area contributed by atoms with E-state index in [1.54, 1.807) is 6.92 Å². The zero-order chi connectivity index (χ0) is 9.72. The molecule has 0 spiro atoms. The van der Waals surface area contributed by atoms with E-state index in [4.69, 9.17) is 0 Å². The van der Waals surface area contributed by atoms with Crippen LogP contribution in [0.1, 0.15) is 20.8 Å². The molecule has 12 heavy (non-hydrogen) atoms. The third-order valence-corrected chi connectivity index (χ3v) is 1.45. The van der Waals surface area contributed by atoms with E-state index < -0.39 is 18.1 Å². The molecule has 2 unspecified atom stereocenters. The third-order valence-electron chi connectivity index (χ3n) is 1.45. The van der Waals surface area contributed by atoms with Crippen molar-refractivity contribution in [1.82, 2.24) is 5.32 Å². The lowest BCUT2D eigenvalue weighted by atomic mass is 10.1. The van der Waals surface area contributed by atoms with E-state index in [9.17, 15) is 9.90 Å². The largest absolute Gasteiger partial charge is 0.468 e. The fourth-order valence-electron chi connectivity index (χ4n) is 0.890. The summed E-state index contributed by atoms with van der Waals surface area (Å²) in [4.78, 5) is 11.0. The smallest absolute Gasteiger partial charge is 0.325 e. The van der Waals surface area contributed by atoms with Gasteiger partial charge in [0.1, 0.15) is 6.04 Å². The maximum Gasteiger partial charge on any atom is 0.325 e. The molecule has 0 rings (SSSR count). The minimum Gasteiger partial charge on any atom is -0.468 e. The molecular formula is C8H17NO3. The van der Waals surface area contributed by atoms with Gasteiger partial charge in [-0.1, -0.05) is 13.8 Å². The van der Waals surface area contributed by atoms with E-state index in [1.165, 1.54) is 7.11 Å². The van der Waals surface area contributed by atoms with Crippen LogP contribution in [0.5, 0.6) is 0 Å². The van der Waals surface area contributed by atoms with E-state index in [0.29, 0.717) is 0 Å². The Bertz CT molecular complexity index is 145. The first kappa shape index (κ1) is 11.4. The predicted molar refractivity (Wildman–Crippen MR) is 45.8 cm³/mol. The van der Waals surface area contributed by atoms with Crippen molar-refractivity contribution >= 4 is 5.97 Å². The van der Waals surface area contributed by atoms with Crippen molar-refractivity contribution in [3.8, 4) is 0 Å². The highest BCUT2D eigenvalue weighted by Crippen LogP contribution is 1.97. The van der Waals surface area contributed by atoms with Crippen molar-refractivity contribution in [2.75, 3.05) is 7.11 Å². The summed E-state index contributed by atoms with van der Waals surface area (Å²) in [6.45, 7) is 5.35. The summed E-state index contributed by atoms with van der Waals surface area (Å²) >= 11 is 0. The van der Waals surface area contributed by atoms with Gasteiger partial charge in [0, 0.05) is 6.04 Å². The van der Waals surface area contributed by atoms with Crippen LogP contribution in [0.25, 0.3) is 0 Å². The van der Waals surface area contributed by atoms with Crippen LogP contribution in [0.3, 0.4) is 0 Å². The summed E-state index contributed by atoms with van der Waals surface area (Å²) in [5.41, 5.74) is 0. The maximum atomic E-state index is 11.0. The molecule has 0 aromatic heterocycles. The molecule has 4 nitrogen and oxygen atoms in total. The Morgan fingerprint density at radius 3 is 2.17 bits per heavy atom. The number of hydrogen-bond acceptors (Lipinski definition) is 4. The fourth-order valence-corrected chi connectivity index (χ4v) is 0.890. The minimum atomic E-state index is -0.736. The van der Waals surface area contributed by atoms with Gasteiger partial charge in [-0.2, -0.15) is 0 Å². The molecule has 0 aromatic carbocycles. The van der Waals surface area contributed by atoms with Crippen molar-refractivity contribution < 1.29 is 14.6 Å². The van der Waals surface area contributed by atoms with Crippen LogP contribution in [-0.2, 0) is 9.53 Å². The van der Waals surface area contributed by atoms with Crippen molar-refractivity contribution in [2.24, 2.45) is 0 Å². The molecule has 0 bridgehead atoms. The summed E-state index contributed by atoms with van der Waals surface area (Å²) < 4.78 is 4.51. The SMILES string of the molecule is COC(=O)C(NC(C)C)C(C)O. The quantitative estimate of drug-likeness (QED) is 0.586. The second kappa shape index (κ2) is 5.11. The van der Waals surface area contributed by atoms with E-state index >= 15 is 0 Å². The van der Waals surface area contributed by atoms with Crippen molar-refractivity contribution in [1.29, 1.82) is 0 Å². The van der Waals surface area contributed by atoms with Crippen molar-refractivity contribution in [2.45, 2.75) is 39.0 Å². The van der Waals surface area contributed by atoms with Crippen molar-refractivity contribution in [3.05, 3.63) is 0 Å². The molecule has 0 radical (unpaired) electrons. The lowest BCUT2D eigenvalue weighted by Crippen LogP contribution is -2.48. The van der Waals surface area contributed by atoms with Crippen LogP contribution in [-0.4, -0.2) is 36.4 Å². The Morgan fingerprint density at radius 2 is 1.92 bits per heavy atom. The molecule has 0 aliphatic heterocycles. The van der Waals surface area contributed by atoms with Crippen LogP contribution >= 0.6 is 0 Å². The molecule has 0 aliphatic rings. The molecule has 0 heterocycles. The van der Waals surface area contributed by atoms with Gasteiger partial charge < -0.3 is 15.2 Å². The molecule has 2 N–H and O–H groups in total. The average Bonchev–Trinajstić information content (AvgIpc) is 1.98. The summed E-state index contributed by atoms with van der Waals surface area (Å²) in [6.07, 6.45) is -0.736. The van der Waals surface area contributed by atoms with Gasteiger partial charge in [0.25, 0.3) is 0 Å². The molecule has 0 saturated heterocycles. The minimum absolute atomic E-state index is 0.142. The van der Waals surface area contributed by atoms with Gasteiger partial charge in [0.05, 0.1) is 13.2 Å². The number of carbonyl (C=O) groups is 1. The Morgan fingerprint density at radius 1 is 1.42 bits per heavy atom. The molecule has 0 aliphatic carbocycles. The molecule has 4 heteroatoms. The Balaban J connectivity index is 4.13. The number of hydrogen-bond donors (Lipinski definition) is 2. The van der Waals surface area contributed by atoms with Crippen LogP contribution in [0.15, 0.2) is 0 Å². The van der Waals surface area contributed by atoms with E-state index in [2.05, 4.69) is 10.1 Å². The highest BCUT2D eigenvalue weighted by molar-refractivity contribution is 5.76. The predicted octanol–water partition coefficient (Wildman–Crippen LogP) is -0.0932. The molecule has 0 amide bonds. The summed E-state index contributed by atoms with van der Waals surface area (Å²) in [5.74, 6) is -0.432. The fraction of sp³-hybridized carbons (Fsp3) is 0.875. The average molecular weight is 175 g/mol. The third kappa shape index (κ3) is 3.69. The monoisotopic (exact) mass is 175 g/mol. The normalized spacial score (nSPS) is 15.8. The Kier molecular flexibility index (Phi) is 4.85. The van der Waals surface area contributed by atoms with Gasteiger partial charge in [0.2, 0.25) is 0 Å². The lowest BCUT2D eigenvalue weighted by Gasteiger charge is -2.21. The number of aliphatic hydroxyl groups excluding tert-OH is 1. The first-order valence-corrected chi connectivity index (χ1v) is 4.01. The zero-order valence-corrected chi connectivity index (χ0v) is 8.00. The molecule has 2 atom stereocenters. The Hall–Kier alpha value is -0.610. The molecule has 0 saturated carbocycles. The van der Waals surface area contributed by atoms with E-state index in [1.807, 2.05) is 13.8 Å². The second-order valence-electron chi connectivity index (χ2n) is 3.06. The van der Waals surface area contributed by atoms with Crippen LogP contribution in [0.4, 0.5) is 0 Å².